The van der Waals surface area contributed by atoms with E-state index in [-0.39, 0.29) is 28.6 Å². The topological polar surface area (TPSA) is 78.8 Å². The van der Waals surface area contributed by atoms with Crippen LogP contribution in [0.5, 0.6) is 0 Å². The second kappa shape index (κ2) is 7.52. The molecule has 2 rings (SSSR count). The molecule has 0 unspecified atom stereocenters. The Bertz CT molecular complexity index is 714. The third-order valence-electron chi connectivity index (χ3n) is 3.01. The average molecular weight is 358 g/mol. The predicted octanol–water partition coefficient (Wildman–Crippen LogP) is 3.13. The molecule has 0 atom stereocenters. The summed E-state index contributed by atoms with van der Waals surface area (Å²) >= 11 is 0.927. The van der Waals surface area contributed by atoms with E-state index in [0.29, 0.717) is 6.42 Å². The number of nitrogens with zero attached hydrogens (tertiary/aromatic N) is 1. The van der Waals surface area contributed by atoms with Crippen LogP contribution in [0.15, 0.2) is 34.2 Å². The second-order valence-electron chi connectivity index (χ2n) is 4.83. The number of carbonyl (C=O) groups excluding carboxylic acids is 1. The summed E-state index contributed by atoms with van der Waals surface area (Å²) in [6.45, 7) is 0.210. The van der Waals surface area contributed by atoms with Gasteiger partial charge in [0.2, 0.25) is 0 Å². The number of halogens is 3. The Balaban J connectivity index is 2.13. The Hall–Kier alpha value is -2.29. The molecule has 1 fully saturated rings. The quantitative estimate of drug-likeness (QED) is 0.626. The Morgan fingerprint density at radius 2 is 2.04 bits per heavy atom. The lowest BCUT2D eigenvalue weighted by Crippen LogP contribution is -2.20. The average Bonchev–Trinajstić information content (AvgIpc) is 2.83. The van der Waals surface area contributed by atoms with Crippen LogP contribution in [0.1, 0.15) is 24.0 Å². The van der Waals surface area contributed by atoms with Gasteiger partial charge in [-0.3, -0.25) is 14.6 Å². The number of nitrogens with one attached hydrogen (secondary N) is 1. The van der Waals surface area contributed by atoms with Gasteiger partial charge in [-0.15, -0.1) is 0 Å². The lowest BCUT2D eigenvalue weighted by atomic mass is 10.1. The van der Waals surface area contributed by atoms with Crippen molar-refractivity contribution in [3.05, 3.63) is 40.3 Å². The molecule has 24 heavy (non-hydrogen) atoms. The molecule has 1 aliphatic rings. The Labute approximate surface area is 139 Å². The molecule has 0 bridgehead atoms. The van der Waals surface area contributed by atoms with E-state index in [1.54, 1.807) is 0 Å². The zero-order valence-electron chi connectivity index (χ0n) is 12.3. The summed E-state index contributed by atoms with van der Waals surface area (Å²) in [5.41, 5.74) is -0.924. The number of thioether (sulfide) groups is 1. The van der Waals surface area contributed by atoms with Crippen LogP contribution in [-0.4, -0.2) is 28.7 Å². The lowest BCUT2D eigenvalue weighted by molar-refractivity contribution is -0.138. The summed E-state index contributed by atoms with van der Waals surface area (Å²) in [6.07, 6.45) is -3.08. The van der Waals surface area contributed by atoms with Crippen molar-refractivity contribution >= 4 is 34.9 Å². The first-order chi connectivity index (χ1) is 11.3. The van der Waals surface area contributed by atoms with Crippen LogP contribution in [-0.2, 0) is 15.8 Å². The highest BCUT2D eigenvalue weighted by Gasteiger charge is 2.33. The molecule has 1 aromatic carbocycles. The minimum atomic E-state index is -4.51. The van der Waals surface area contributed by atoms with Crippen LogP contribution in [0, 0.1) is 0 Å². The number of benzene rings is 1. The molecule has 0 radical (unpaired) electrons. The molecule has 5 nitrogen and oxygen atoms in total. The van der Waals surface area contributed by atoms with Crippen LogP contribution in [0.4, 0.5) is 13.2 Å². The fourth-order valence-electron chi connectivity index (χ4n) is 1.93. The maximum Gasteiger partial charge on any atom is 0.416 e. The highest BCUT2D eigenvalue weighted by molar-refractivity contribution is 8.18. The molecule has 0 spiro atoms. The summed E-state index contributed by atoms with van der Waals surface area (Å²) in [5.74, 6) is -1.48. The molecule has 1 saturated heterocycles. The number of aliphatic imine (C=N–C) groups is 1. The van der Waals surface area contributed by atoms with E-state index < -0.39 is 23.6 Å². The first-order valence-corrected chi connectivity index (χ1v) is 7.72. The van der Waals surface area contributed by atoms with Gasteiger partial charge in [0.05, 0.1) is 10.5 Å². The zero-order valence-corrected chi connectivity index (χ0v) is 13.1. The number of amidine groups is 1. The molecule has 1 heterocycles. The normalized spacial score (nSPS) is 18.2. The molecule has 1 aliphatic heterocycles. The number of carbonyl (C=O) groups is 2. The fourth-order valence-corrected chi connectivity index (χ4v) is 2.77. The van der Waals surface area contributed by atoms with E-state index in [1.807, 2.05) is 0 Å². The number of carboxylic acids is 1. The van der Waals surface area contributed by atoms with E-state index in [0.717, 1.165) is 17.8 Å². The van der Waals surface area contributed by atoms with Crippen LogP contribution in [0.2, 0.25) is 0 Å². The molecule has 0 aromatic heterocycles. The third-order valence-corrected chi connectivity index (χ3v) is 3.96. The maximum absolute atomic E-state index is 13.0. The van der Waals surface area contributed by atoms with Crippen molar-refractivity contribution in [2.24, 2.45) is 4.99 Å². The van der Waals surface area contributed by atoms with Crippen molar-refractivity contribution in [3.8, 4) is 0 Å². The molecule has 0 aliphatic carbocycles. The number of rotatable bonds is 5. The van der Waals surface area contributed by atoms with E-state index >= 15 is 0 Å². The molecule has 0 saturated carbocycles. The van der Waals surface area contributed by atoms with Gasteiger partial charge in [-0.2, -0.15) is 13.2 Å². The number of aliphatic carboxylic acids is 1. The van der Waals surface area contributed by atoms with E-state index in [4.69, 9.17) is 5.11 Å². The van der Waals surface area contributed by atoms with Gasteiger partial charge in [0, 0.05) is 13.0 Å². The van der Waals surface area contributed by atoms with Gasteiger partial charge in [-0.25, -0.2) is 0 Å². The summed E-state index contributed by atoms with van der Waals surface area (Å²) in [6, 6.07) is 4.97. The van der Waals surface area contributed by atoms with Gasteiger partial charge in [0.25, 0.3) is 5.91 Å². The van der Waals surface area contributed by atoms with Crippen LogP contribution < -0.4 is 5.32 Å². The fraction of sp³-hybridized carbons (Fsp3) is 0.267. The molecule has 1 amide bonds. The van der Waals surface area contributed by atoms with Crippen LogP contribution >= 0.6 is 11.8 Å². The largest absolute Gasteiger partial charge is 0.481 e. The van der Waals surface area contributed by atoms with Crippen molar-refractivity contribution in [1.82, 2.24) is 5.32 Å². The van der Waals surface area contributed by atoms with Gasteiger partial charge in [-0.1, -0.05) is 18.2 Å². The van der Waals surface area contributed by atoms with Crippen molar-refractivity contribution in [3.63, 3.8) is 0 Å². The standard InChI is InChI=1S/C15H13F3N2O3S/c16-15(17,18)10-5-2-1-4-9(10)8-11-13(23)20-14(24-11)19-7-3-6-12(21)22/h1-2,4-5,8H,3,6-7H2,(H,21,22)(H,19,20,23)/b11-8-. The summed E-state index contributed by atoms with van der Waals surface area (Å²) in [7, 11) is 0. The molecular formula is C15H13F3N2O3S. The molecule has 128 valence electrons. The number of carboxylic acid groups (broad SMARTS) is 1. The van der Waals surface area contributed by atoms with Crippen LogP contribution in [0.25, 0.3) is 6.08 Å². The molecule has 9 heteroatoms. The Kier molecular flexibility index (Phi) is 5.66. The van der Waals surface area contributed by atoms with Crippen molar-refractivity contribution < 1.29 is 27.9 Å². The van der Waals surface area contributed by atoms with E-state index in [2.05, 4.69) is 10.3 Å². The summed E-state index contributed by atoms with van der Waals surface area (Å²) in [5, 5.41) is 11.2. The highest BCUT2D eigenvalue weighted by atomic mass is 32.2. The second-order valence-corrected chi connectivity index (χ2v) is 5.86. The van der Waals surface area contributed by atoms with Gasteiger partial charge in [0.1, 0.15) is 0 Å². The van der Waals surface area contributed by atoms with Gasteiger partial charge >= 0.3 is 12.1 Å². The van der Waals surface area contributed by atoms with Crippen LogP contribution in [0.3, 0.4) is 0 Å². The molecule has 1 aromatic rings. The van der Waals surface area contributed by atoms with Gasteiger partial charge < -0.3 is 10.4 Å². The maximum atomic E-state index is 13.0. The third kappa shape index (κ3) is 4.85. The van der Waals surface area contributed by atoms with Gasteiger partial charge in [-0.05, 0) is 35.9 Å². The summed E-state index contributed by atoms with van der Waals surface area (Å²) < 4.78 is 38.9. The Morgan fingerprint density at radius 3 is 2.71 bits per heavy atom. The van der Waals surface area contributed by atoms with Gasteiger partial charge in [0.15, 0.2) is 5.17 Å². The van der Waals surface area contributed by atoms with E-state index in [1.165, 1.54) is 24.3 Å². The molecule has 2 N–H and O–H groups in total. The van der Waals surface area contributed by atoms with Crippen molar-refractivity contribution in [2.75, 3.05) is 6.54 Å². The zero-order chi connectivity index (χ0) is 17.7. The number of amides is 1. The Morgan fingerprint density at radius 1 is 1.33 bits per heavy atom. The van der Waals surface area contributed by atoms with E-state index in [9.17, 15) is 22.8 Å². The van der Waals surface area contributed by atoms with Crippen molar-refractivity contribution in [2.45, 2.75) is 19.0 Å². The number of hydrogen-bond acceptors (Lipinski definition) is 4. The SMILES string of the molecule is O=C(O)CCCN=C1NC(=O)/C(=C/c2ccccc2C(F)(F)F)S1. The highest BCUT2D eigenvalue weighted by Crippen LogP contribution is 2.34. The first-order valence-electron chi connectivity index (χ1n) is 6.91. The number of hydrogen-bond donors (Lipinski definition) is 2. The summed E-state index contributed by atoms with van der Waals surface area (Å²) in [4.78, 5) is 26.4. The predicted molar refractivity (Wildman–Crippen MR) is 84.3 cm³/mol. The van der Waals surface area contributed by atoms with Crippen molar-refractivity contribution in [1.29, 1.82) is 0 Å². The smallest absolute Gasteiger partial charge is 0.416 e. The molecular weight excluding hydrogens is 345 g/mol. The lowest BCUT2D eigenvalue weighted by Gasteiger charge is -2.09. The monoisotopic (exact) mass is 358 g/mol. The minimum absolute atomic E-state index is 0.0446. The minimum Gasteiger partial charge on any atom is -0.481 e. The first kappa shape index (κ1) is 18.1. The number of alkyl halides is 3.